The predicted octanol–water partition coefficient (Wildman–Crippen LogP) is 8.21. The van der Waals surface area contributed by atoms with E-state index >= 15 is 0 Å². The van der Waals surface area contributed by atoms with Crippen LogP contribution in [0.4, 0.5) is 11.4 Å². The molecular formula is C29H27ClN2O6. The molecule has 0 saturated heterocycles. The Labute approximate surface area is 225 Å². The van der Waals surface area contributed by atoms with Gasteiger partial charge in [0.25, 0.3) is 11.6 Å². The lowest BCUT2D eigenvalue weighted by atomic mass is 10.0. The summed E-state index contributed by atoms with van der Waals surface area (Å²) in [5, 5.41) is 14.8. The fourth-order valence-electron chi connectivity index (χ4n) is 3.80. The maximum absolute atomic E-state index is 12.9. The average molecular weight is 535 g/mol. The van der Waals surface area contributed by atoms with Crippen LogP contribution in [0.3, 0.4) is 0 Å². The molecule has 3 aromatic carbocycles. The van der Waals surface area contributed by atoms with Gasteiger partial charge in [-0.1, -0.05) is 37.6 Å². The Kier molecular flexibility index (Phi) is 8.02. The molecule has 0 radical (unpaired) electrons. The molecule has 9 heteroatoms. The highest BCUT2D eigenvalue weighted by Crippen LogP contribution is 2.33. The van der Waals surface area contributed by atoms with E-state index in [9.17, 15) is 14.9 Å². The van der Waals surface area contributed by atoms with Crippen LogP contribution in [0.25, 0.3) is 0 Å². The highest BCUT2D eigenvalue weighted by Gasteiger charge is 2.17. The lowest BCUT2D eigenvalue weighted by Gasteiger charge is -2.15. The Morgan fingerprint density at radius 1 is 1.05 bits per heavy atom. The summed E-state index contributed by atoms with van der Waals surface area (Å²) in [5.41, 5.74) is 2.82. The predicted molar refractivity (Wildman–Crippen MR) is 146 cm³/mol. The van der Waals surface area contributed by atoms with E-state index in [0.29, 0.717) is 22.3 Å². The van der Waals surface area contributed by atoms with Gasteiger partial charge in [0, 0.05) is 17.2 Å². The summed E-state index contributed by atoms with van der Waals surface area (Å²) in [5.74, 6) is 1.55. The molecule has 0 spiro atoms. The highest BCUT2D eigenvalue weighted by atomic mass is 35.5. The minimum absolute atomic E-state index is 0.0348. The molecule has 0 aliphatic rings. The minimum Gasteiger partial charge on any atom is -0.485 e. The summed E-state index contributed by atoms with van der Waals surface area (Å²) in [6, 6.07) is 18.3. The first-order chi connectivity index (χ1) is 18.1. The molecule has 0 aliphatic heterocycles. The summed E-state index contributed by atoms with van der Waals surface area (Å²) >= 11 is 6.27. The molecule has 1 aromatic heterocycles. The molecule has 0 fully saturated rings. The number of furan rings is 1. The van der Waals surface area contributed by atoms with E-state index in [2.05, 4.69) is 19.2 Å². The smallest absolute Gasteiger partial charge is 0.291 e. The van der Waals surface area contributed by atoms with E-state index in [0.717, 1.165) is 16.7 Å². The van der Waals surface area contributed by atoms with Crippen molar-refractivity contribution in [2.24, 2.45) is 0 Å². The third kappa shape index (κ3) is 6.52. The molecule has 38 heavy (non-hydrogen) atoms. The van der Waals surface area contributed by atoms with E-state index in [4.69, 9.17) is 25.5 Å². The second kappa shape index (κ2) is 11.4. The topological polar surface area (TPSA) is 104 Å². The van der Waals surface area contributed by atoms with Crippen molar-refractivity contribution in [2.45, 2.75) is 40.2 Å². The Morgan fingerprint density at radius 3 is 2.55 bits per heavy atom. The summed E-state index contributed by atoms with van der Waals surface area (Å²) in [7, 11) is 0. The average Bonchev–Trinajstić information content (AvgIpc) is 3.33. The van der Waals surface area contributed by atoms with E-state index in [1.807, 2.05) is 38.1 Å². The SMILES string of the molecule is Cc1cccc(Oc2cc(NC(=O)c3ccc(COc4cc(C)c(Cl)cc4C(C)C)o3)cc([N+](=O)[O-])c2)c1. The van der Waals surface area contributed by atoms with Gasteiger partial charge in [-0.05, 0) is 72.9 Å². The molecule has 0 atom stereocenters. The molecule has 0 bridgehead atoms. The third-order valence-corrected chi connectivity index (χ3v) is 6.16. The van der Waals surface area contributed by atoms with Gasteiger partial charge in [-0.2, -0.15) is 0 Å². The first-order valence-electron chi connectivity index (χ1n) is 12.0. The van der Waals surface area contributed by atoms with Crippen molar-refractivity contribution < 1.29 is 23.6 Å². The van der Waals surface area contributed by atoms with Crippen LogP contribution in [0.2, 0.25) is 5.02 Å². The summed E-state index contributed by atoms with van der Waals surface area (Å²) < 4.78 is 17.5. The minimum atomic E-state index is -0.566. The number of carbonyl (C=O) groups excluding carboxylic acids is 1. The zero-order chi connectivity index (χ0) is 27.4. The number of carbonyl (C=O) groups is 1. The van der Waals surface area contributed by atoms with Crippen LogP contribution in [0.5, 0.6) is 17.2 Å². The van der Waals surface area contributed by atoms with Gasteiger partial charge in [0.2, 0.25) is 0 Å². The van der Waals surface area contributed by atoms with E-state index in [-0.39, 0.29) is 35.4 Å². The molecule has 1 amide bonds. The van der Waals surface area contributed by atoms with Crippen LogP contribution in [-0.2, 0) is 6.61 Å². The number of ether oxygens (including phenoxy) is 2. The van der Waals surface area contributed by atoms with Crippen LogP contribution < -0.4 is 14.8 Å². The second-order valence-corrected chi connectivity index (χ2v) is 9.60. The number of rotatable bonds is 9. The lowest BCUT2D eigenvalue weighted by molar-refractivity contribution is -0.384. The van der Waals surface area contributed by atoms with Crippen molar-refractivity contribution >= 4 is 28.9 Å². The Bertz CT molecular complexity index is 1490. The van der Waals surface area contributed by atoms with E-state index in [1.54, 1.807) is 18.2 Å². The molecule has 0 unspecified atom stereocenters. The largest absolute Gasteiger partial charge is 0.485 e. The number of hydrogen-bond donors (Lipinski definition) is 1. The standard InChI is InChI=1S/C29H27ClN2O6/c1-17(2)25-15-26(30)19(4)11-28(25)36-16-23-8-9-27(38-23)29(33)31-20-12-21(32(34)35)14-24(13-20)37-22-7-5-6-18(3)10-22/h5-15,17H,16H2,1-4H3,(H,31,33). The van der Waals surface area contributed by atoms with Gasteiger partial charge in [0.15, 0.2) is 5.76 Å². The third-order valence-electron chi connectivity index (χ3n) is 5.75. The number of amides is 1. The van der Waals surface area contributed by atoms with Gasteiger partial charge in [-0.25, -0.2) is 0 Å². The molecule has 1 N–H and O–H groups in total. The number of nitro benzene ring substituents is 1. The van der Waals surface area contributed by atoms with Gasteiger partial charge in [-0.15, -0.1) is 0 Å². The van der Waals surface area contributed by atoms with Gasteiger partial charge in [-0.3, -0.25) is 14.9 Å². The van der Waals surface area contributed by atoms with Gasteiger partial charge >= 0.3 is 0 Å². The zero-order valence-electron chi connectivity index (χ0n) is 21.4. The van der Waals surface area contributed by atoms with Crippen LogP contribution >= 0.6 is 11.6 Å². The molecule has 8 nitrogen and oxygen atoms in total. The number of halogens is 1. The van der Waals surface area contributed by atoms with Crippen molar-refractivity contribution in [3.8, 4) is 17.2 Å². The van der Waals surface area contributed by atoms with Crippen molar-refractivity contribution in [1.82, 2.24) is 0 Å². The first-order valence-corrected chi connectivity index (χ1v) is 12.3. The van der Waals surface area contributed by atoms with Crippen LogP contribution in [0, 0.1) is 24.0 Å². The first kappa shape index (κ1) is 26.8. The number of non-ortho nitro benzene ring substituents is 1. The highest BCUT2D eigenvalue weighted by molar-refractivity contribution is 6.31. The number of nitrogens with one attached hydrogen (secondary N) is 1. The van der Waals surface area contributed by atoms with E-state index in [1.165, 1.54) is 24.3 Å². The number of benzene rings is 3. The number of nitro groups is 1. The Balaban J connectivity index is 1.48. The molecule has 0 aliphatic carbocycles. The quantitative estimate of drug-likeness (QED) is 0.171. The van der Waals surface area contributed by atoms with Crippen molar-refractivity contribution in [3.63, 3.8) is 0 Å². The normalized spacial score (nSPS) is 10.9. The van der Waals surface area contributed by atoms with E-state index < -0.39 is 10.8 Å². The maximum Gasteiger partial charge on any atom is 0.291 e. The number of anilines is 1. The number of hydrogen-bond acceptors (Lipinski definition) is 6. The summed E-state index contributed by atoms with van der Waals surface area (Å²) in [6.45, 7) is 8.02. The molecule has 4 rings (SSSR count). The van der Waals surface area contributed by atoms with Gasteiger partial charge in [0.05, 0.1) is 16.7 Å². The molecular weight excluding hydrogens is 508 g/mol. The fourth-order valence-corrected chi connectivity index (χ4v) is 3.97. The molecule has 1 heterocycles. The van der Waals surface area contributed by atoms with Crippen molar-refractivity contribution in [2.75, 3.05) is 5.32 Å². The molecule has 0 saturated carbocycles. The van der Waals surface area contributed by atoms with Crippen LogP contribution in [0.15, 0.2) is 71.1 Å². The maximum atomic E-state index is 12.9. The fraction of sp³-hybridized carbons (Fsp3) is 0.207. The zero-order valence-corrected chi connectivity index (χ0v) is 22.2. The number of nitrogens with zero attached hydrogens (tertiary/aromatic N) is 1. The van der Waals surface area contributed by atoms with Gasteiger partial charge < -0.3 is 19.2 Å². The second-order valence-electron chi connectivity index (χ2n) is 9.19. The summed E-state index contributed by atoms with van der Waals surface area (Å²) in [6.07, 6.45) is 0. The Morgan fingerprint density at radius 2 is 1.84 bits per heavy atom. The van der Waals surface area contributed by atoms with Crippen molar-refractivity contribution in [3.05, 3.63) is 110 Å². The van der Waals surface area contributed by atoms with Crippen molar-refractivity contribution in [1.29, 1.82) is 0 Å². The monoisotopic (exact) mass is 534 g/mol. The van der Waals surface area contributed by atoms with Crippen LogP contribution in [-0.4, -0.2) is 10.8 Å². The summed E-state index contributed by atoms with van der Waals surface area (Å²) in [4.78, 5) is 23.8. The molecule has 196 valence electrons. The molecule has 4 aromatic rings. The lowest BCUT2D eigenvalue weighted by Crippen LogP contribution is -2.11. The van der Waals surface area contributed by atoms with Crippen LogP contribution in [0.1, 0.15) is 52.8 Å². The van der Waals surface area contributed by atoms with Gasteiger partial charge in [0.1, 0.15) is 29.6 Å². The number of aryl methyl sites for hydroxylation is 2. The Hall–Kier alpha value is -4.30.